The highest BCUT2D eigenvalue weighted by atomic mass is 16.5. The predicted octanol–water partition coefficient (Wildman–Crippen LogP) is 1.63. The minimum Gasteiger partial charge on any atom is -0.494 e. The first-order valence-electron chi connectivity index (χ1n) is 7.32. The van der Waals surface area contributed by atoms with Crippen LogP contribution in [0, 0.1) is 0 Å². The van der Waals surface area contributed by atoms with E-state index in [4.69, 9.17) is 4.74 Å². The molecule has 0 atom stereocenters. The number of hydrogen-bond donors (Lipinski definition) is 1. The third-order valence-electron chi connectivity index (χ3n) is 3.33. The zero-order valence-electron chi connectivity index (χ0n) is 12.7. The molecular formula is C16H21N3O3. The van der Waals surface area contributed by atoms with Gasteiger partial charge in [0.15, 0.2) is 0 Å². The van der Waals surface area contributed by atoms with Gasteiger partial charge in [0.25, 0.3) is 0 Å². The number of ether oxygens (including phenoxy) is 1. The van der Waals surface area contributed by atoms with Gasteiger partial charge in [-0.3, -0.25) is 9.69 Å². The fraction of sp³-hybridized carbons (Fsp3) is 0.375. The maximum atomic E-state index is 12.3. The molecule has 2 rings (SSSR count). The Kier molecular flexibility index (Phi) is 5.41. The van der Waals surface area contributed by atoms with Gasteiger partial charge in [0.2, 0.25) is 5.91 Å². The normalized spacial score (nSPS) is 14.1. The Balaban J connectivity index is 1.95. The van der Waals surface area contributed by atoms with Gasteiger partial charge in [0, 0.05) is 25.3 Å². The standard InChI is InChI=1S/C16H21N3O3/c1-3-9-17-15(20)12-18-10-11-19(16(18)21)13-5-7-14(8-6-13)22-4-2/h3,5-8H,1,4,9-12H2,2H3,(H,17,20). The lowest BCUT2D eigenvalue weighted by Gasteiger charge is -2.18. The zero-order valence-corrected chi connectivity index (χ0v) is 12.7. The first kappa shape index (κ1) is 15.9. The molecule has 3 amide bonds. The fourth-order valence-electron chi connectivity index (χ4n) is 2.27. The molecule has 1 aliphatic rings. The molecule has 1 N–H and O–H groups in total. The van der Waals surface area contributed by atoms with Gasteiger partial charge in [-0.25, -0.2) is 4.79 Å². The first-order chi connectivity index (χ1) is 10.7. The van der Waals surface area contributed by atoms with E-state index in [9.17, 15) is 9.59 Å². The van der Waals surface area contributed by atoms with Crippen molar-refractivity contribution in [2.75, 3.05) is 37.7 Å². The van der Waals surface area contributed by atoms with Crippen LogP contribution in [0.15, 0.2) is 36.9 Å². The molecule has 6 heteroatoms. The summed E-state index contributed by atoms with van der Waals surface area (Å²) in [6, 6.07) is 7.23. The molecule has 0 radical (unpaired) electrons. The number of nitrogens with zero attached hydrogens (tertiary/aromatic N) is 2. The summed E-state index contributed by atoms with van der Waals surface area (Å²) in [7, 11) is 0. The Bertz CT molecular complexity index is 542. The van der Waals surface area contributed by atoms with Crippen LogP contribution in [-0.4, -0.2) is 49.6 Å². The second kappa shape index (κ2) is 7.49. The highest BCUT2D eigenvalue weighted by Crippen LogP contribution is 2.23. The molecule has 1 fully saturated rings. The lowest BCUT2D eigenvalue weighted by molar-refractivity contribution is -0.121. The Morgan fingerprint density at radius 1 is 1.36 bits per heavy atom. The lowest BCUT2D eigenvalue weighted by atomic mass is 10.3. The topological polar surface area (TPSA) is 61.9 Å². The lowest BCUT2D eigenvalue weighted by Crippen LogP contribution is -2.40. The van der Waals surface area contributed by atoms with E-state index in [0.717, 1.165) is 11.4 Å². The maximum Gasteiger partial charge on any atom is 0.325 e. The predicted molar refractivity (Wildman–Crippen MR) is 85.1 cm³/mol. The molecule has 0 aromatic heterocycles. The second-order valence-corrected chi connectivity index (χ2v) is 4.88. The van der Waals surface area contributed by atoms with E-state index in [1.807, 2.05) is 31.2 Å². The molecule has 1 saturated heterocycles. The summed E-state index contributed by atoms with van der Waals surface area (Å²) >= 11 is 0. The minimum atomic E-state index is -0.179. The largest absolute Gasteiger partial charge is 0.494 e. The van der Waals surface area contributed by atoms with E-state index in [0.29, 0.717) is 26.2 Å². The van der Waals surface area contributed by atoms with Crippen molar-refractivity contribution in [2.24, 2.45) is 0 Å². The molecule has 22 heavy (non-hydrogen) atoms. The van der Waals surface area contributed by atoms with Crippen molar-refractivity contribution >= 4 is 17.6 Å². The molecular weight excluding hydrogens is 282 g/mol. The molecule has 6 nitrogen and oxygen atoms in total. The smallest absolute Gasteiger partial charge is 0.325 e. The monoisotopic (exact) mass is 303 g/mol. The van der Waals surface area contributed by atoms with E-state index in [-0.39, 0.29) is 18.5 Å². The molecule has 1 heterocycles. The average Bonchev–Trinajstić information content (AvgIpc) is 2.87. The minimum absolute atomic E-state index is 0.0696. The summed E-state index contributed by atoms with van der Waals surface area (Å²) in [5.74, 6) is 0.598. The van der Waals surface area contributed by atoms with Crippen molar-refractivity contribution in [1.82, 2.24) is 10.2 Å². The first-order valence-corrected chi connectivity index (χ1v) is 7.32. The van der Waals surface area contributed by atoms with Crippen LogP contribution >= 0.6 is 0 Å². The molecule has 0 spiro atoms. The van der Waals surface area contributed by atoms with Crippen LogP contribution in [0.2, 0.25) is 0 Å². The third kappa shape index (κ3) is 3.78. The van der Waals surface area contributed by atoms with Crippen LogP contribution < -0.4 is 15.0 Å². The number of nitrogens with one attached hydrogen (secondary N) is 1. The van der Waals surface area contributed by atoms with E-state index < -0.39 is 0 Å². The van der Waals surface area contributed by atoms with Gasteiger partial charge in [-0.1, -0.05) is 6.08 Å². The Hall–Kier alpha value is -2.50. The summed E-state index contributed by atoms with van der Waals surface area (Å²) in [6.07, 6.45) is 1.61. The van der Waals surface area contributed by atoms with Gasteiger partial charge < -0.3 is 15.0 Å². The van der Waals surface area contributed by atoms with Gasteiger partial charge >= 0.3 is 6.03 Å². The van der Waals surface area contributed by atoms with E-state index in [1.165, 1.54) is 4.90 Å². The highest BCUT2D eigenvalue weighted by molar-refractivity contribution is 5.96. The number of benzene rings is 1. The number of carbonyl (C=O) groups is 2. The van der Waals surface area contributed by atoms with Gasteiger partial charge in [0.05, 0.1) is 6.61 Å². The summed E-state index contributed by atoms with van der Waals surface area (Å²) in [5, 5.41) is 2.67. The van der Waals surface area contributed by atoms with E-state index >= 15 is 0 Å². The maximum absolute atomic E-state index is 12.3. The van der Waals surface area contributed by atoms with Crippen molar-refractivity contribution in [1.29, 1.82) is 0 Å². The van der Waals surface area contributed by atoms with Crippen molar-refractivity contribution in [3.63, 3.8) is 0 Å². The molecule has 0 saturated carbocycles. The highest BCUT2D eigenvalue weighted by Gasteiger charge is 2.30. The molecule has 118 valence electrons. The Morgan fingerprint density at radius 2 is 2.09 bits per heavy atom. The number of carbonyl (C=O) groups excluding carboxylic acids is 2. The summed E-state index contributed by atoms with van der Waals surface area (Å²) in [6.45, 7) is 7.65. The zero-order chi connectivity index (χ0) is 15.9. The van der Waals surface area contributed by atoms with E-state index in [1.54, 1.807) is 11.0 Å². The molecule has 0 aliphatic carbocycles. The summed E-state index contributed by atoms with van der Waals surface area (Å²) in [5.41, 5.74) is 0.808. The van der Waals surface area contributed by atoms with Crippen LogP contribution in [0.4, 0.5) is 10.5 Å². The van der Waals surface area contributed by atoms with Gasteiger partial charge in [-0.05, 0) is 31.2 Å². The molecule has 1 aliphatic heterocycles. The quantitative estimate of drug-likeness (QED) is 0.779. The summed E-state index contributed by atoms with van der Waals surface area (Å²) < 4.78 is 5.39. The molecule has 1 aromatic rings. The van der Waals surface area contributed by atoms with Crippen LogP contribution in [0.25, 0.3) is 0 Å². The van der Waals surface area contributed by atoms with Crippen LogP contribution in [-0.2, 0) is 4.79 Å². The second-order valence-electron chi connectivity index (χ2n) is 4.88. The third-order valence-corrected chi connectivity index (χ3v) is 3.33. The molecule has 0 bridgehead atoms. The van der Waals surface area contributed by atoms with Crippen molar-refractivity contribution < 1.29 is 14.3 Å². The number of amides is 3. The SMILES string of the molecule is C=CCNC(=O)CN1CCN(c2ccc(OCC)cc2)C1=O. The number of urea groups is 1. The fourth-order valence-corrected chi connectivity index (χ4v) is 2.27. The Morgan fingerprint density at radius 3 is 2.73 bits per heavy atom. The van der Waals surface area contributed by atoms with Gasteiger partial charge in [-0.15, -0.1) is 6.58 Å². The van der Waals surface area contributed by atoms with Crippen molar-refractivity contribution in [3.05, 3.63) is 36.9 Å². The van der Waals surface area contributed by atoms with Gasteiger partial charge in [-0.2, -0.15) is 0 Å². The van der Waals surface area contributed by atoms with Crippen molar-refractivity contribution in [2.45, 2.75) is 6.92 Å². The number of rotatable bonds is 7. The van der Waals surface area contributed by atoms with Gasteiger partial charge in [0.1, 0.15) is 12.3 Å². The van der Waals surface area contributed by atoms with Crippen LogP contribution in [0.5, 0.6) is 5.75 Å². The van der Waals surface area contributed by atoms with E-state index in [2.05, 4.69) is 11.9 Å². The van der Waals surface area contributed by atoms with Crippen molar-refractivity contribution in [3.8, 4) is 5.75 Å². The average molecular weight is 303 g/mol. The molecule has 0 unspecified atom stereocenters. The van der Waals surface area contributed by atoms with Crippen LogP contribution in [0.3, 0.4) is 0 Å². The molecule has 1 aromatic carbocycles. The number of anilines is 1. The Labute approximate surface area is 130 Å². The van der Waals surface area contributed by atoms with Crippen LogP contribution in [0.1, 0.15) is 6.92 Å². The summed E-state index contributed by atoms with van der Waals surface area (Å²) in [4.78, 5) is 27.2. The number of hydrogen-bond acceptors (Lipinski definition) is 3.